The van der Waals surface area contributed by atoms with Gasteiger partial charge in [0.05, 0.1) is 6.54 Å². The smallest absolute Gasteiger partial charge is 0.244 e. The van der Waals surface area contributed by atoms with Gasteiger partial charge < -0.3 is 9.73 Å². The molecular weight excluding hydrogens is 290 g/mol. The maximum absolute atomic E-state index is 12.3. The highest BCUT2D eigenvalue weighted by Gasteiger charge is 2.28. The third-order valence-electron chi connectivity index (χ3n) is 3.72. The molecule has 0 amide bonds. The van der Waals surface area contributed by atoms with Gasteiger partial charge in [-0.05, 0) is 33.4 Å². The number of aryl methyl sites for hydroxylation is 1. The van der Waals surface area contributed by atoms with Crippen LogP contribution in [0.5, 0.6) is 0 Å². The summed E-state index contributed by atoms with van der Waals surface area (Å²) in [5.74, 6) is 1.06. The van der Waals surface area contributed by atoms with Crippen LogP contribution in [-0.4, -0.2) is 46.0 Å². The summed E-state index contributed by atoms with van der Waals surface area (Å²) in [6, 6.07) is 2.24. The first-order chi connectivity index (χ1) is 9.97. The monoisotopic (exact) mass is 315 g/mol. The molecule has 1 aliphatic rings. The molecule has 0 saturated heterocycles. The summed E-state index contributed by atoms with van der Waals surface area (Å²) >= 11 is 0. The van der Waals surface area contributed by atoms with E-state index in [-0.39, 0.29) is 4.90 Å². The van der Waals surface area contributed by atoms with Crippen LogP contribution in [0.4, 0.5) is 0 Å². The summed E-state index contributed by atoms with van der Waals surface area (Å²) in [6.45, 7) is 6.44. The molecule has 7 heteroatoms. The minimum absolute atomic E-state index is 0.238. The topological polar surface area (TPSA) is 74.6 Å². The summed E-state index contributed by atoms with van der Waals surface area (Å²) in [5.41, 5.74) is 0. The zero-order valence-electron chi connectivity index (χ0n) is 13.0. The Morgan fingerprint density at radius 1 is 1.43 bits per heavy atom. The third kappa shape index (κ3) is 4.29. The minimum Gasteiger partial charge on any atom is -0.464 e. The van der Waals surface area contributed by atoms with Crippen LogP contribution in [0.25, 0.3) is 0 Å². The third-order valence-corrected chi connectivity index (χ3v) is 5.29. The van der Waals surface area contributed by atoms with E-state index >= 15 is 0 Å². The normalized spacial score (nSPS) is 15.8. The lowest BCUT2D eigenvalue weighted by atomic mass is 10.4. The molecule has 0 spiro atoms. The lowest BCUT2D eigenvalue weighted by Crippen LogP contribution is -2.36. The summed E-state index contributed by atoms with van der Waals surface area (Å²) in [5, 5.41) is 2.95. The molecule has 6 nitrogen and oxygen atoms in total. The van der Waals surface area contributed by atoms with Gasteiger partial charge in [0.2, 0.25) is 10.0 Å². The number of furan rings is 1. The SMILES string of the molecule is CCN(CCNS(=O)(=O)c1cc(CNC)oc1C)C1CC1. The molecule has 1 fully saturated rings. The second-order valence-corrected chi connectivity index (χ2v) is 7.16. The van der Waals surface area contributed by atoms with Gasteiger partial charge in [-0.3, -0.25) is 4.90 Å². The molecule has 0 atom stereocenters. The number of sulfonamides is 1. The van der Waals surface area contributed by atoms with Crippen molar-refractivity contribution in [1.82, 2.24) is 14.9 Å². The van der Waals surface area contributed by atoms with Crippen molar-refractivity contribution < 1.29 is 12.8 Å². The molecule has 1 aromatic rings. The maximum Gasteiger partial charge on any atom is 0.244 e. The van der Waals surface area contributed by atoms with Gasteiger partial charge in [0.1, 0.15) is 16.4 Å². The molecule has 120 valence electrons. The molecule has 2 rings (SSSR count). The number of hydrogen-bond acceptors (Lipinski definition) is 5. The van der Waals surface area contributed by atoms with Crippen molar-refractivity contribution in [2.75, 3.05) is 26.7 Å². The number of nitrogens with one attached hydrogen (secondary N) is 2. The lowest BCUT2D eigenvalue weighted by Gasteiger charge is -2.19. The number of rotatable bonds is 9. The molecule has 0 aliphatic heterocycles. The number of likely N-dealkylation sites (N-methyl/N-ethyl adjacent to an activating group) is 1. The van der Waals surface area contributed by atoms with Crippen LogP contribution in [0.15, 0.2) is 15.4 Å². The van der Waals surface area contributed by atoms with Crippen LogP contribution in [0.2, 0.25) is 0 Å². The maximum atomic E-state index is 12.3. The Labute approximate surface area is 126 Å². The first kappa shape index (κ1) is 16.5. The predicted octanol–water partition coefficient (Wildman–Crippen LogP) is 1.07. The first-order valence-electron chi connectivity index (χ1n) is 7.45. The van der Waals surface area contributed by atoms with E-state index in [0.29, 0.717) is 30.7 Å². The quantitative estimate of drug-likeness (QED) is 0.713. The van der Waals surface area contributed by atoms with Gasteiger partial charge >= 0.3 is 0 Å². The highest BCUT2D eigenvalue weighted by Crippen LogP contribution is 2.26. The average Bonchev–Trinajstić information content (AvgIpc) is 3.19. The lowest BCUT2D eigenvalue weighted by molar-refractivity contribution is 0.282. The van der Waals surface area contributed by atoms with Crippen LogP contribution in [0, 0.1) is 6.92 Å². The van der Waals surface area contributed by atoms with Crippen molar-refractivity contribution in [3.05, 3.63) is 17.6 Å². The van der Waals surface area contributed by atoms with Crippen molar-refractivity contribution in [3.63, 3.8) is 0 Å². The molecule has 0 aromatic carbocycles. The zero-order chi connectivity index (χ0) is 15.5. The van der Waals surface area contributed by atoms with Crippen molar-refractivity contribution in [1.29, 1.82) is 0 Å². The highest BCUT2D eigenvalue weighted by molar-refractivity contribution is 7.89. The van der Waals surface area contributed by atoms with Crippen LogP contribution in [-0.2, 0) is 16.6 Å². The standard InChI is InChI=1S/C14H25N3O3S/c1-4-17(12-5-6-12)8-7-16-21(18,19)14-9-13(10-15-3)20-11(14)2/h9,12,15-16H,4-8,10H2,1-3H3. The highest BCUT2D eigenvalue weighted by atomic mass is 32.2. The number of hydrogen-bond donors (Lipinski definition) is 2. The Hall–Kier alpha value is -0.890. The van der Waals surface area contributed by atoms with Crippen molar-refractivity contribution in [3.8, 4) is 0 Å². The van der Waals surface area contributed by atoms with Gasteiger partial charge in [-0.25, -0.2) is 13.1 Å². The van der Waals surface area contributed by atoms with Crippen molar-refractivity contribution in [2.45, 2.75) is 44.2 Å². The van der Waals surface area contributed by atoms with E-state index < -0.39 is 10.0 Å². The van der Waals surface area contributed by atoms with Gasteiger partial charge in [0.15, 0.2) is 0 Å². The van der Waals surface area contributed by atoms with Gasteiger partial charge in [0, 0.05) is 25.2 Å². The first-order valence-corrected chi connectivity index (χ1v) is 8.94. The fraction of sp³-hybridized carbons (Fsp3) is 0.714. The Morgan fingerprint density at radius 3 is 2.71 bits per heavy atom. The van der Waals surface area contributed by atoms with Crippen molar-refractivity contribution in [2.24, 2.45) is 0 Å². The molecule has 2 N–H and O–H groups in total. The second-order valence-electron chi connectivity index (χ2n) is 5.42. The van der Waals surface area contributed by atoms with Crippen LogP contribution >= 0.6 is 0 Å². The van der Waals surface area contributed by atoms with Crippen LogP contribution in [0.1, 0.15) is 31.3 Å². The molecule has 0 unspecified atom stereocenters. The fourth-order valence-corrected chi connectivity index (χ4v) is 3.71. The van der Waals surface area contributed by atoms with Gasteiger partial charge in [-0.1, -0.05) is 6.92 Å². The Bertz CT molecular complexity index is 564. The average molecular weight is 315 g/mol. The largest absolute Gasteiger partial charge is 0.464 e. The van der Waals surface area contributed by atoms with E-state index in [9.17, 15) is 8.42 Å². The summed E-state index contributed by atoms with van der Waals surface area (Å²) in [6.07, 6.45) is 2.46. The van der Waals surface area contributed by atoms with E-state index in [0.717, 1.165) is 13.1 Å². The fourth-order valence-electron chi connectivity index (χ4n) is 2.49. The zero-order valence-corrected chi connectivity index (χ0v) is 13.8. The predicted molar refractivity (Wildman–Crippen MR) is 81.7 cm³/mol. The van der Waals surface area contributed by atoms with E-state index in [1.54, 1.807) is 20.0 Å². The molecular formula is C14H25N3O3S. The summed E-state index contributed by atoms with van der Waals surface area (Å²) in [7, 11) is -1.70. The summed E-state index contributed by atoms with van der Waals surface area (Å²) in [4.78, 5) is 2.55. The Morgan fingerprint density at radius 2 is 2.14 bits per heavy atom. The molecule has 1 saturated carbocycles. The van der Waals surface area contributed by atoms with E-state index in [1.807, 2.05) is 0 Å². The van der Waals surface area contributed by atoms with E-state index in [2.05, 4.69) is 21.9 Å². The number of nitrogens with zero attached hydrogens (tertiary/aromatic N) is 1. The molecule has 0 bridgehead atoms. The van der Waals surface area contributed by atoms with Crippen molar-refractivity contribution >= 4 is 10.0 Å². The molecule has 21 heavy (non-hydrogen) atoms. The van der Waals surface area contributed by atoms with Crippen LogP contribution in [0.3, 0.4) is 0 Å². The van der Waals surface area contributed by atoms with Gasteiger partial charge in [0.25, 0.3) is 0 Å². The van der Waals surface area contributed by atoms with E-state index in [4.69, 9.17) is 4.42 Å². The molecule has 1 aromatic heterocycles. The van der Waals surface area contributed by atoms with E-state index in [1.165, 1.54) is 12.8 Å². The molecule has 1 heterocycles. The Balaban J connectivity index is 1.94. The summed E-state index contributed by atoms with van der Waals surface area (Å²) < 4.78 is 32.7. The second kappa shape index (κ2) is 6.91. The van der Waals surface area contributed by atoms with Gasteiger partial charge in [-0.2, -0.15) is 0 Å². The van der Waals surface area contributed by atoms with Gasteiger partial charge in [-0.15, -0.1) is 0 Å². The minimum atomic E-state index is -3.50. The molecule has 0 radical (unpaired) electrons. The van der Waals surface area contributed by atoms with Crippen LogP contribution < -0.4 is 10.0 Å². The molecule has 1 aliphatic carbocycles. The Kier molecular flexibility index (Phi) is 5.43.